The van der Waals surface area contributed by atoms with Gasteiger partial charge in [0.15, 0.2) is 6.35 Å². The van der Waals surface area contributed by atoms with E-state index >= 15 is 0 Å². The van der Waals surface area contributed by atoms with Gasteiger partial charge in [0.1, 0.15) is 5.75 Å². The quantitative estimate of drug-likeness (QED) is 0.508. The number of rotatable bonds is 10. The minimum atomic E-state index is -0.787. The molecular formula is C19H29N3O3. The minimum Gasteiger partial charge on any atom is -0.497 e. The average molecular weight is 347 g/mol. The molecule has 6 nitrogen and oxygen atoms in total. The molecule has 2 N–H and O–H groups in total. The number of aromatic nitrogens is 1. The Hall–Kier alpha value is -1.60. The summed E-state index contributed by atoms with van der Waals surface area (Å²) in [5.74, 6) is 0.787. The van der Waals surface area contributed by atoms with E-state index < -0.39 is 6.35 Å². The van der Waals surface area contributed by atoms with Gasteiger partial charge >= 0.3 is 0 Å². The highest BCUT2D eigenvalue weighted by Crippen LogP contribution is 2.28. The lowest BCUT2D eigenvalue weighted by Crippen LogP contribution is -2.29. The van der Waals surface area contributed by atoms with Crippen LogP contribution in [0.25, 0.3) is 10.9 Å². The molecule has 1 aliphatic carbocycles. The Labute approximate surface area is 149 Å². The monoisotopic (exact) mass is 347 g/mol. The standard InChI is InChI=1S/C19H29N3O3/c1-21(2)10-8-14-13-22(18-12-16(24-3)6-7-17(14)18)19(23)20-9-11-25-15-4-5-15/h6-7,12-13,15,19-20,23H,4-5,8-11H2,1-3H3. The topological polar surface area (TPSA) is 58.9 Å². The van der Waals surface area contributed by atoms with E-state index in [-0.39, 0.29) is 0 Å². The van der Waals surface area contributed by atoms with Gasteiger partial charge in [-0.05, 0) is 51.1 Å². The second kappa shape index (κ2) is 8.19. The number of hydrogen-bond acceptors (Lipinski definition) is 5. The fraction of sp³-hybridized carbons (Fsp3) is 0.579. The largest absolute Gasteiger partial charge is 0.497 e. The van der Waals surface area contributed by atoms with E-state index in [9.17, 15) is 5.11 Å². The van der Waals surface area contributed by atoms with Gasteiger partial charge in [0.05, 0.1) is 25.3 Å². The van der Waals surface area contributed by atoms with E-state index in [1.807, 2.05) is 22.9 Å². The summed E-state index contributed by atoms with van der Waals surface area (Å²) in [6, 6.07) is 6.01. The highest BCUT2D eigenvalue weighted by Gasteiger charge is 2.21. The molecule has 0 aliphatic heterocycles. The first kappa shape index (κ1) is 18.2. The first-order valence-electron chi connectivity index (χ1n) is 8.93. The number of nitrogens with one attached hydrogen (secondary N) is 1. The van der Waals surface area contributed by atoms with Crippen LogP contribution < -0.4 is 10.1 Å². The van der Waals surface area contributed by atoms with Crippen LogP contribution in [0.5, 0.6) is 5.75 Å². The molecule has 1 aliphatic rings. The maximum absolute atomic E-state index is 10.6. The van der Waals surface area contributed by atoms with E-state index in [0.717, 1.165) is 29.6 Å². The maximum Gasteiger partial charge on any atom is 0.187 e. The number of methoxy groups -OCH3 is 1. The van der Waals surface area contributed by atoms with Crippen LogP contribution in [-0.4, -0.2) is 61.6 Å². The highest BCUT2D eigenvalue weighted by molar-refractivity contribution is 5.85. The molecular weight excluding hydrogens is 318 g/mol. The van der Waals surface area contributed by atoms with Gasteiger partial charge in [0.25, 0.3) is 0 Å². The van der Waals surface area contributed by atoms with Gasteiger partial charge in [-0.3, -0.25) is 5.32 Å². The lowest BCUT2D eigenvalue weighted by atomic mass is 10.1. The van der Waals surface area contributed by atoms with Crippen molar-refractivity contribution in [3.8, 4) is 5.75 Å². The summed E-state index contributed by atoms with van der Waals surface area (Å²) in [6.07, 6.45) is 4.95. The van der Waals surface area contributed by atoms with Gasteiger partial charge in [0.2, 0.25) is 0 Å². The van der Waals surface area contributed by atoms with Gasteiger partial charge in [-0.25, -0.2) is 0 Å². The van der Waals surface area contributed by atoms with Crippen molar-refractivity contribution >= 4 is 10.9 Å². The number of benzene rings is 1. The SMILES string of the molecule is COc1ccc2c(CCN(C)C)cn(C(O)NCCOC3CC3)c2c1. The zero-order valence-electron chi connectivity index (χ0n) is 15.4. The molecule has 0 radical (unpaired) electrons. The number of ether oxygens (including phenoxy) is 2. The van der Waals surface area contributed by atoms with Crippen LogP contribution in [0.3, 0.4) is 0 Å². The number of hydrogen-bond donors (Lipinski definition) is 2. The molecule has 138 valence electrons. The van der Waals surface area contributed by atoms with Crippen molar-refractivity contribution in [2.75, 3.05) is 40.9 Å². The molecule has 1 fully saturated rings. The molecule has 1 unspecified atom stereocenters. The van der Waals surface area contributed by atoms with Crippen molar-refractivity contribution in [3.05, 3.63) is 30.0 Å². The van der Waals surface area contributed by atoms with E-state index in [0.29, 0.717) is 19.3 Å². The summed E-state index contributed by atoms with van der Waals surface area (Å²) in [4.78, 5) is 2.16. The molecule has 0 amide bonds. The number of nitrogens with zero attached hydrogens (tertiary/aromatic N) is 2. The van der Waals surface area contributed by atoms with Crippen molar-refractivity contribution in [1.82, 2.24) is 14.8 Å². The summed E-state index contributed by atoms with van der Waals surface area (Å²) in [5, 5.41) is 14.9. The Kier molecular flexibility index (Phi) is 5.96. The van der Waals surface area contributed by atoms with E-state index in [2.05, 4.69) is 30.4 Å². The van der Waals surface area contributed by atoms with Crippen LogP contribution in [0.1, 0.15) is 24.8 Å². The summed E-state index contributed by atoms with van der Waals surface area (Å²) in [5.41, 5.74) is 2.19. The summed E-state index contributed by atoms with van der Waals surface area (Å²) in [6.45, 7) is 2.20. The lowest BCUT2D eigenvalue weighted by Gasteiger charge is -2.16. The second-order valence-corrected chi connectivity index (χ2v) is 6.90. The number of aliphatic hydroxyl groups excluding tert-OH is 1. The Morgan fingerprint density at radius 2 is 2.16 bits per heavy atom. The second-order valence-electron chi connectivity index (χ2n) is 6.90. The molecule has 1 aromatic carbocycles. The Morgan fingerprint density at radius 3 is 2.84 bits per heavy atom. The van der Waals surface area contributed by atoms with Gasteiger partial charge in [-0.15, -0.1) is 0 Å². The predicted octanol–water partition coefficient (Wildman–Crippen LogP) is 1.97. The van der Waals surface area contributed by atoms with Crippen molar-refractivity contribution in [2.45, 2.75) is 31.7 Å². The van der Waals surface area contributed by atoms with Gasteiger partial charge < -0.3 is 24.0 Å². The van der Waals surface area contributed by atoms with Gasteiger partial charge in [-0.2, -0.15) is 0 Å². The smallest absolute Gasteiger partial charge is 0.187 e. The molecule has 1 heterocycles. The molecule has 2 aromatic rings. The predicted molar refractivity (Wildman–Crippen MR) is 99.0 cm³/mol. The Balaban J connectivity index is 1.76. The molecule has 6 heteroatoms. The maximum atomic E-state index is 10.6. The van der Waals surface area contributed by atoms with Crippen molar-refractivity contribution in [2.24, 2.45) is 0 Å². The van der Waals surface area contributed by atoms with Crippen LogP contribution in [-0.2, 0) is 11.2 Å². The molecule has 1 aromatic heterocycles. The van der Waals surface area contributed by atoms with Gasteiger partial charge in [0, 0.05) is 30.7 Å². The molecule has 3 rings (SSSR count). The zero-order chi connectivity index (χ0) is 17.8. The summed E-state index contributed by atoms with van der Waals surface area (Å²) < 4.78 is 12.9. The molecule has 0 saturated heterocycles. The van der Waals surface area contributed by atoms with E-state index in [1.165, 1.54) is 18.4 Å². The molecule has 0 bridgehead atoms. The third-order valence-electron chi connectivity index (χ3n) is 4.52. The third-order valence-corrected chi connectivity index (χ3v) is 4.52. The highest BCUT2D eigenvalue weighted by atomic mass is 16.5. The molecule has 0 spiro atoms. The first-order chi connectivity index (χ1) is 12.1. The number of fused-ring (bicyclic) bond motifs is 1. The average Bonchev–Trinajstić information content (AvgIpc) is 3.36. The number of likely N-dealkylation sites (N-methyl/N-ethyl adjacent to an activating group) is 1. The van der Waals surface area contributed by atoms with Crippen molar-refractivity contribution in [1.29, 1.82) is 0 Å². The number of aliphatic hydroxyl groups is 1. The van der Waals surface area contributed by atoms with Crippen LogP contribution >= 0.6 is 0 Å². The summed E-state index contributed by atoms with van der Waals surface area (Å²) >= 11 is 0. The zero-order valence-corrected chi connectivity index (χ0v) is 15.4. The van der Waals surface area contributed by atoms with Crippen LogP contribution in [0.15, 0.2) is 24.4 Å². The van der Waals surface area contributed by atoms with Crippen LogP contribution in [0, 0.1) is 0 Å². The minimum absolute atomic E-state index is 0.438. The van der Waals surface area contributed by atoms with Crippen LogP contribution in [0.4, 0.5) is 0 Å². The molecule has 1 saturated carbocycles. The Bertz CT molecular complexity index is 695. The van der Waals surface area contributed by atoms with Crippen LogP contribution in [0.2, 0.25) is 0 Å². The Morgan fingerprint density at radius 1 is 1.36 bits per heavy atom. The van der Waals surface area contributed by atoms with E-state index in [4.69, 9.17) is 9.47 Å². The van der Waals surface area contributed by atoms with Gasteiger partial charge in [-0.1, -0.05) is 0 Å². The molecule has 25 heavy (non-hydrogen) atoms. The summed E-state index contributed by atoms with van der Waals surface area (Å²) in [7, 11) is 5.79. The van der Waals surface area contributed by atoms with E-state index in [1.54, 1.807) is 7.11 Å². The normalized spacial score (nSPS) is 15.9. The van der Waals surface area contributed by atoms with Crippen molar-refractivity contribution in [3.63, 3.8) is 0 Å². The first-order valence-corrected chi connectivity index (χ1v) is 8.93. The molecule has 1 atom stereocenters. The lowest BCUT2D eigenvalue weighted by molar-refractivity contribution is 0.0525. The third kappa shape index (κ3) is 4.73. The fourth-order valence-corrected chi connectivity index (χ4v) is 2.92. The van der Waals surface area contributed by atoms with Crippen molar-refractivity contribution < 1.29 is 14.6 Å². The fourth-order valence-electron chi connectivity index (χ4n) is 2.92.